The van der Waals surface area contributed by atoms with Crippen molar-refractivity contribution in [2.75, 3.05) is 34.3 Å². The van der Waals surface area contributed by atoms with E-state index in [0.717, 1.165) is 35.5 Å². The van der Waals surface area contributed by atoms with Crippen molar-refractivity contribution in [2.24, 2.45) is 5.92 Å². The lowest BCUT2D eigenvalue weighted by atomic mass is 9.82. The maximum Gasteiger partial charge on any atom is 0.258 e. The predicted molar refractivity (Wildman–Crippen MR) is 132 cm³/mol. The van der Waals surface area contributed by atoms with Crippen molar-refractivity contribution in [3.8, 4) is 16.9 Å². The number of piperidine rings is 1. The molecule has 1 amide bonds. The molecule has 1 fully saturated rings. The number of nitrogens with one attached hydrogen (secondary N) is 1. The second-order valence-corrected chi connectivity index (χ2v) is 9.87. The molecule has 3 aromatic rings. The van der Waals surface area contributed by atoms with Crippen LogP contribution in [-0.2, 0) is 13.1 Å². The lowest BCUT2D eigenvalue weighted by Crippen LogP contribution is -3.04. The van der Waals surface area contributed by atoms with Gasteiger partial charge in [-0.25, -0.2) is 0 Å². The van der Waals surface area contributed by atoms with Crippen molar-refractivity contribution in [1.82, 2.24) is 9.47 Å². The molecule has 5 rings (SSSR count). The lowest BCUT2D eigenvalue weighted by molar-refractivity contribution is -0.872. The number of amides is 1. The summed E-state index contributed by atoms with van der Waals surface area (Å²) in [5.41, 5.74) is 4.79. The Hall–Kier alpha value is -3.38. The van der Waals surface area contributed by atoms with E-state index >= 15 is 0 Å². The number of quaternary nitrogens is 1. The first-order valence-corrected chi connectivity index (χ1v) is 12.0. The maximum absolute atomic E-state index is 13.6. The van der Waals surface area contributed by atoms with Crippen molar-refractivity contribution in [3.05, 3.63) is 87.8 Å². The summed E-state index contributed by atoms with van der Waals surface area (Å²) in [6, 6.07) is 19.6. The smallest absolute Gasteiger partial charge is 0.258 e. The Labute approximate surface area is 200 Å². The number of likely N-dealkylation sites (tertiary alicyclic amines) is 1. The number of pyridine rings is 1. The number of methoxy groups -OCH3 is 1. The van der Waals surface area contributed by atoms with Crippen LogP contribution in [0.5, 0.6) is 5.75 Å². The molecule has 176 valence electrons. The number of ether oxygens (including phenoxy) is 1. The fraction of sp³-hybridized carbons (Fsp3) is 0.357. The highest BCUT2D eigenvalue weighted by Crippen LogP contribution is 2.36. The van der Waals surface area contributed by atoms with Gasteiger partial charge >= 0.3 is 0 Å². The number of hydrogen-bond acceptors (Lipinski definition) is 3. The van der Waals surface area contributed by atoms with E-state index in [1.54, 1.807) is 7.11 Å². The van der Waals surface area contributed by atoms with Gasteiger partial charge in [0, 0.05) is 47.9 Å². The summed E-state index contributed by atoms with van der Waals surface area (Å²) in [6.45, 7) is 2.84. The first kappa shape index (κ1) is 22.4. The highest BCUT2D eigenvalue weighted by Gasteiger charge is 2.37. The summed E-state index contributed by atoms with van der Waals surface area (Å²) < 4.78 is 7.19. The molecule has 0 spiro atoms. The molecule has 2 bridgehead atoms. The molecule has 2 aromatic carbocycles. The number of rotatable bonds is 5. The van der Waals surface area contributed by atoms with E-state index in [1.165, 1.54) is 10.5 Å². The number of carbonyl (C=O) groups excluding carboxylic acids is 1. The highest BCUT2D eigenvalue weighted by molar-refractivity contribution is 5.94. The molecule has 2 aliphatic heterocycles. The van der Waals surface area contributed by atoms with Crippen molar-refractivity contribution < 1.29 is 14.4 Å². The van der Waals surface area contributed by atoms with Crippen LogP contribution in [0.3, 0.4) is 0 Å². The van der Waals surface area contributed by atoms with Crippen LogP contribution in [0.2, 0.25) is 0 Å². The van der Waals surface area contributed by atoms with Gasteiger partial charge in [0.2, 0.25) is 0 Å². The third kappa shape index (κ3) is 4.14. The summed E-state index contributed by atoms with van der Waals surface area (Å²) in [5.74, 6) is 1.25. The Morgan fingerprint density at radius 1 is 0.971 bits per heavy atom. The molecular formula is C28H32N3O3+. The number of hydrogen-bond donors (Lipinski definition) is 1. The number of benzene rings is 2. The van der Waals surface area contributed by atoms with Crippen LogP contribution in [-0.4, -0.2) is 49.7 Å². The summed E-state index contributed by atoms with van der Waals surface area (Å²) in [6.07, 6.45) is 1.02. The van der Waals surface area contributed by atoms with E-state index in [2.05, 4.69) is 32.3 Å². The Kier molecular flexibility index (Phi) is 6.00. The Bertz CT molecular complexity index is 1260. The number of aromatic nitrogens is 1. The van der Waals surface area contributed by atoms with Crippen LogP contribution >= 0.6 is 0 Å². The molecule has 0 radical (unpaired) electrons. The molecule has 1 N–H and O–H groups in total. The molecular weight excluding hydrogens is 426 g/mol. The molecule has 0 aliphatic carbocycles. The van der Waals surface area contributed by atoms with E-state index in [9.17, 15) is 9.59 Å². The Balaban J connectivity index is 1.43. The topological polar surface area (TPSA) is 56.0 Å². The standard InChI is InChI=1S/C28H31N3O3/c1-29(2)17-21-6-4-5-7-24(21)25-12-13-26-22-14-19(16-31(26)28(25)33)15-30(18-22)27(32)20-8-10-23(34-3)11-9-20/h4-13,19,22H,14-18H2,1-3H3/p+1/t19-,22+/m0/s1. The van der Waals surface area contributed by atoms with Crippen LogP contribution in [0.4, 0.5) is 0 Å². The molecule has 1 saturated heterocycles. The van der Waals surface area contributed by atoms with E-state index < -0.39 is 0 Å². The minimum Gasteiger partial charge on any atom is -0.497 e. The van der Waals surface area contributed by atoms with Crippen molar-refractivity contribution in [2.45, 2.75) is 25.4 Å². The summed E-state index contributed by atoms with van der Waals surface area (Å²) >= 11 is 0. The quantitative estimate of drug-likeness (QED) is 0.639. The molecule has 34 heavy (non-hydrogen) atoms. The zero-order valence-electron chi connectivity index (χ0n) is 20.1. The summed E-state index contributed by atoms with van der Waals surface area (Å²) in [4.78, 5) is 30.1. The number of nitrogens with zero attached hydrogens (tertiary/aromatic N) is 2. The zero-order chi connectivity index (χ0) is 23.8. The minimum atomic E-state index is 0.0462. The Morgan fingerprint density at radius 2 is 1.74 bits per heavy atom. The molecule has 2 atom stereocenters. The molecule has 6 nitrogen and oxygen atoms in total. The monoisotopic (exact) mass is 458 g/mol. The van der Waals surface area contributed by atoms with Gasteiger partial charge in [0.05, 0.1) is 21.2 Å². The van der Waals surface area contributed by atoms with Crippen LogP contribution in [0.25, 0.3) is 11.1 Å². The SMILES string of the molecule is COc1ccc(C(=O)N2C[C@@H]3C[C@H](C2)c2ccc(-c4ccccc4C[NH+](C)C)c(=O)n2C3)cc1. The van der Waals surface area contributed by atoms with E-state index in [-0.39, 0.29) is 23.3 Å². The molecule has 1 aromatic heterocycles. The van der Waals surface area contributed by atoms with Gasteiger partial charge in [0.1, 0.15) is 12.3 Å². The number of fused-ring (bicyclic) bond motifs is 4. The van der Waals surface area contributed by atoms with Gasteiger partial charge in [0.25, 0.3) is 11.5 Å². The maximum atomic E-state index is 13.6. The first-order valence-electron chi connectivity index (χ1n) is 12.0. The van der Waals surface area contributed by atoms with Gasteiger partial charge in [-0.2, -0.15) is 0 Å². The van der Waals surface area contributed by atoms with Crippen LogP contribution in [0.15, 0.2) is 65.5 Å². The van der Waals surface area contributed by atoms with Gasteiger partial charge < -0.3 is 19.1 Å². The number of carbonyl (C=O) groups is 1. The minimum absolute atomic E-state index is 0.0462. The van der Waals surface area contributed by atoms with Gasteiger partial charge in [-0.1, -0.05) is 24.3 Å². The van der Waals surface area contributed by atoms with E-state index in [4.69, 9.17) is 4.74 Å². The summed E-state index contributed by atoms with van der Waals surface area (Å²) in [5, 5.41) is 0. The fourth-order valence-electron chi connectivity index (χ4n) is 5.55. The van der Waals surface area contributed by atoms with Crippen molar-refractivity contribution in [1.29, 1.82) is 0 Å². The van der Waals surface area contributed by atoms with Crippen molar-refractivity contribution in [3.63, 3.8) is 0 Å². The van der Waals surface area contributed by atoms with Gasteiger partial charge in [-0.3, -0.25) is 9.59 Å². The van der Waals surface area contributed by atoms with E-state index in [1.807, 2.05) is 51.9 Å². The predicted octanol–water partition coefficient (Wildman–Crippen LogP) is 2.43. The van der Waals surface area contributed by atoms with E-state index in [0.29, 0.717) is 25.2 Å². The third-order valence-electron chi connectivity index (χ3n) is 7.08. The molecule has 2 aliphatic rings. The second kappa shape index (κ2) is 9.11. The van der Waals surface area contributed by atoms with Gasteiger partial charge in [-0.15, -0.1) is 0 Å². The normalized spacial score (nSPS) is 19.1. The largest absolute Gasteiger partial charge is 0.497 e. The molecule has 6 heteroatoms. The van der Waals surface area contributed by atoms with Gasteiger partial charge in [0.15, 0.2) is 0 Å². The van der Waals surface area contributed by atoms with Crippen LogP contribution < -0.4 is 15.2 Å². The summed E-state index contributed by atoms with van der Waals surface area (Å²) in [7, 11) is 5.86. The van der Waals surface area contributed by atoms with Crippen LogP contribution in [0, 0.1) is 5.92 Å². The third-order valence-corrected chi connectivity index (χ3v) is 7.08. The van der Waals surface area contributed by atoms with Crippen molar-refractivity contribution >= 4 is 5.91 Å². The lowest BCUT2D eigenvalue weighted by Gasteiger charge is -2.43. The Morgan fingerprint density at radius 3 is 2.47 bits per heavy atom. The second-order valence-electron chi connectivity index (χ2n) is 9.87. The van der Waals surface area contributed by atoms with Gasteiger partial charge in [-0.05, 0) is 54.3 Å². The molecule has 0 saturated carbocycles. The average Bonchev–Trinajstić information content (AvgIpc) is 2.84. The van der Waals surface area contributed by atoms with Crippen LogP contribution in [0.1, 0.15) is 34.0 Å². The molecule has 0 unspecified atom stereocenters. The zero-order valence-corrected chi connectivity index (χ0v) is 20.1. The average molecular weight is 459 g/mol. The molecule has 3 heterocycles. The fourth-order valence-corrected chi connectivity index (χ4v) is 5.55. The first-order chi connectivity index (χ1) is 16.4. The highest BCUT2D eigenvalue weighted by atomic mass is 16.5.